The lowest BCUT2D eigenvalue weighted by molar-refractivity contribution is 0.587. The first kappa shape index (κ1) is 13.6. The van der Waals surface area contributed by atoms with Crippen molar-refractivity contribution in [2.45, 2.75) is 11.8 Å². The zero-order valence-electron chi connectivity index (χ0n) is 11.5. The van der Waals surface area contributed by atoms with Crippen molar-refractivity contribution in [3.05, 3.63) is 72.8 Å². The van der Waals surface area contributed by atoms with Gasteiger partial charge in [-0.25, -0.2) is 17.4 Å². The summed E-state index contributed by atoms with van der Waals surface area (Å²) in [5, 5.41) is 0. The summed E-state index contributed by atoms with van der Waals surface area (Å²) in [7, 11) is -3.64. The van der Waals surface area contributed by atoms with Crippen LogP contribution in [-0.4, -0.2) is 17.4 Å². The van der Waals surface area contributed by atoms with Gasteiger partial charge in [0.15, 0.2) is 0 Å². The molecule has 0 fully saturated rings. The Hall–Kier alpha value is -2.40. The highest BCUT2D eigenvalue weighted by atomic mass is 32.2. The summed E-state index contributed by atoms with van der Waals surface area (Å²) in [4.78, 5) is 4.09. The molecule has 2 aromatic carbocycles. The standard InChI is InChI=1S/C16H14N2O2S/c1-13-7-8-16(21(19,20)18-10-9-17-12-18)15(11-13)14-5-3-2-4-6-14/h2-12H,1H3. The SMILES string of the molecule is Cc1ccc(S(=O)(=O)n2ccnc2)c(-c2ccccc2)c1. The van der Waals surface area contributed by atoms with Crippen LogP contribution in [0.5, 0.6) is 0 Å². The Morgan fingerprint density at radius 2 is 1.81 bits per heavy atom. The maximum atomic E-state index is 12.7. The van der Waals surface area contributed by atoms with Gasteiger partial charge in [-0.15, -0.1) is 0 Å². The van der Waals surface area contributed by atoms with Crippen molar-refractivity contribution < 1.29 is 8.42 Å². The van der Waals surface area contributed by atoms with Crippen LogP contribution in [-0.2, 0) is 10.0 Å². The molecule has 1 heterocycles. The topological polar surface area (TPSA) is 52.0 Å². The molecular weight excluding hydrogens is 284 g/mol. The molecule has 0 saturated carbocycles. The Morgan fingerprint density at radius 3 is 2.48 bits per heavy atom. The van der Waals surface area contributed by atoms with Gasteiger partial charge in [-0.05, 0) is 18.6 Å². The summed E-state index contributed by atoms with van der Waals surface area (Å²) in [6.07, 6.45) is 4.18. The van der Waals surface area contributed by atoms with Gasteiger partial charge in [-0.1, -0.05) is 48.0 Å². The van der Waals surface area contributed by atoms with Crippen molar-refractivity contribution in [1.82, 2.24) is 8.96 Å². The highest BCUT2D eigenvalue weighted by Crippen LogP contribution is 2.29. The second-order valence-corrected chi connectivity index (χ2v) is 6.57. The first-order valence-corrected chi connectivity index (χ1v) is 7.92. The van der Waals surface area contributed by atoms with Crippen LogP contribution in [0.1, 0.15) is 5.56 Å². The molecule has 21 heavy (non-hydrogen) atoms. The van der Waals surface area contributed by atoms with E-state index in [0.29, 0.717) is 5.56 Å². The molecule has 0 spiro atoms. The Balaban J connectivity index is 2.25. The molecule has 0 unspecified atom stereocenters. The van der Waals surface area contributed by atoms with Gasteiger partial charge < -0.3 is 0 Å². The highest BCUT2D eigenvalue weighted by molar-refractivity contribution is 7.90. The van der Waals surface area contributed by atoms with E-state index >= 15 is 0 Å². The second kappa shape index (κ2) is 5.18. The van der Waals surface area contributed by atoms with E-state index in [4.69, 9.17) is 0 Å². The van der Waals surface area contributed by atoms with Crippen LogP contribution in [0.2, 0.25) is 0 Å². The van der Waals surface area contributed by atoms with Crippen LogP contribution in [0.4, 0.5) is 0 Å². The first-order valence-electron chi connectivity index (χ1n) is 6.48. The number of hydrogen-bond acceptors (Lipinski definition) is 3. The summed E-state index contributed by atoms with van der Waals surface area (Å²) in [6, 6.07) is 14.8. The summed E-state index contributed by atoms with van der Waals surface area (Å²) in [6.45, 7) is 1.94. The van der Waals surface area contributed by atoms with Gasteiger partial charge in [0.2, 0.25) is 0 Å². The van der Waals surface area contributed by atoms with E-state index in [2.05, 4.69) is 4.98 Å². The third kappa shape index (κ3) is 2.48. The fourth-order valence-electron chi connectivity index (χ4n) is 2.21. The molecule has 0 atom stereocenters. The van der Waals surface area contributed by atoms with Crippen LogP contribution in [0.3, 0.4) is 0 Å². The molecule has 0 aliphatic rings. The minimum atomic E-state index is -3.64. The number of aromatic nitrogens is 2. The maximum absolute atomic E-state index is 12.7. The Morgan fingerprint density at radius 1 is 1.05 bits per heavy atom. The highest BCUT2D eigenvalue weighted by Gasteiger charge is 2.21. The van der Waals surface area contributed by atoms with Gasteiger partial charge in [-0.3, -0.25) is 0 Å². The number of aryl methyl sites for hydroxylation is 1. The summed E-state index contributed by atoms with van der Waals surface area (Å²) < 4.78 is 26.6. The maximum Gasteiger partial charge on any atom is 0.269 e. The summed E-state index contributed by atoms with van der Waals surface area (Å²) >= 11 is 0. The van der Waals surface area contributed by atoms with Crippen LogP contribution < -0.4 is 0 Å². The fraction of sp³-hybridized carbons (Fsp3) is 0.0625. The van der Waals surface area contributed by atoms with Gasteiger partial charge in [0, 0.05) is 18.0 Å². The van der Waals surface area contributed by atoms with Crippen molar-refractivity contribution in [1.29, 1.82) is 0 Å². The van der Waals surface area contributed by atoms with Crippen LogP contribution in [0.25, 0.3) is 11.1 Å². The summed E-state index contributed by atoms with van der Waals surface area (Å²) in [5.74, 6) is 0. The van der Waals surface area contributed by atoms with Crippen molar-refractivity contribution >= 4 is 10.0 Å². The molecule has 0 radical (unpaired) electrons. The molecule has 4 nitrogen and oxygen atoms in total. The van der Waals surface area contributed by atoms with E-state index < -0.39 is 10.0 Å². The largest absolute Gasteiger partial charge is 0.269 e. The summed E-state index contributed by atoms with van der Waals surface area (Å²) in [5.41, 5.74) is 2.59. The minimum Gasteiger partial charge on any atom is -0.244 e. The smallest absolute Gasteiger partial charge is 0.244 e. The predicted octanol–water partition coefficient (Wildman–Crippen LogP) is 3.10. The molecule has 106 valence electrons. The van der Waals surface area contributed by atoms with Crippen LogP contribution in [0.15, 0.2) is 72.1 Å². The Labute approximate surface area is 123 Å². The van der Waals surface area contributed by atoms with E-state index in [1.54, 1.807) is 12.1 Å². The first-order chi connectivity index (χ1) is 10.1. The third-order valence-corrected chi connectivity index (χ3v) is 4.94. The zero-order valence-corrected chi connectivity index (χ0v) is 12.3. The van der Waals surface area contributed by atoms with Gasteiger partial charge in [0.05, 0.1) is 4.90 Å². The molecule has 3 rings (SSSR count). The van der Waals surface area contributed by atoms with E-state index in [9.17, 15) is 8.42 Å². The number of benzene rings is 2. The average molecular weight is 298 g/mol. The zero-order chi connectivity index (χ0) is 14.9. The molecule has 1 aromatic heterocycles. The molecule has 5 heteroatoms. The molecule has 0 aliphatic carbocycles. The van der Waals surface area contributed by atoms with E-state index in [-0.39, 0.29) is 4.90 Å². The Bertz CT molecular complexity index is 855. The van der Waals surface area contributed by atoms with Crippen LogP contribution in [0, 0.1) is 6.92 Å². The number of nitrogens with zero attached hydrogens (tertiary/aromatic N) is 2. The molecule has 0 aliphatic heterocycles. The van der Waals surface area contributed by atoms with Crippen LogP contribution >= 0.6 is 0 Å². The van der Waals surface area contributed by atoms with Crippen molar-refractivity contribution in [2.75, 3.05) is 0 Å². The Kier molecular flexibility index (Phi) is 3.35. The minimum absolute atomic E-state index is 0.275. The lowest BCUT2D eigenvalue weighted by Crippen LogP contribution is -2.12. The fourth-order valence-corrected chi connectivity index (χ4v) is 3.53. The van der Waals surface area contributed by atoms with Gasteiger partial charge in [-0.2, -0.15) is 0 Å². The van der Waals surface area contributed by atoms with E-state index in [1.807, 2.05) is 43.3 Å². The van der Waals surface area contributed by atoms with Crippen molar-refractivity contribution in [2.24, 2.45) is 0 Å². The monoisotopic (exact) mass is 298 g/mol. The molecule has 0 N–H and O–H groups in total. The predicted molar refractivity (Wildman–Crippen MR) is 81.4 cm³/mol. The molecule has 0 bridgehead atoms. The molecular formula is C16H14N2O2S. The molecule has 0 saturated heterocycles. The lowest BCUT2D eigenvalue weighted by Gasteiger charge is -2.12. The quantitative estimate of drug-likeness (QED) is 0.746. The van der Waals surface area contributed by atoms with Gasteiger partial charge >= 0.3 is 0 Å². The van der Waals surface area contributed by atoms with Gasteiger partial charge in [0.25, 0.3) is 10.0 Å². The number of hydrogen-bond donors (Lipinski definition) is 0. The normalized spacial score (nSPS) is 11.5. The van der Waals surface area contributed by atoms with Crippen molar-refractivity contribution in [3.8, 4) is 11.1 Å². The number of rotatable bonds is 3. The average Bonchev–Trinajstić information content (AvgIpc) is 3.03. The lowest BCUT2D eigenvalue weighted by atomic mass is 10.0. The molecule has 0 amide bonds. The van der Waals surface area contributed by atoms with Gasteiger partial charge in [0.1, 0.15) is 6.33 Å². The molecule has 3 aromatic rings. The second-order valence-electron chi connectivity index (χ2n) is 4.76. The van der Waals surface area contributed by atoms with E-state index in [1.165, 1.54) is 18.7 Å². The van der Waals surface area contributed by atoms with Crippen molar-refractivity contribution in [3.63, 3.8) is 0 Å². The number of imidazole rings is 1. The van der Waals surface area contributed by atoms with E-state index in [0.717, 1.165) is 15.1 Å². The third-order valence-electron chi connectivity index (χ3n) is 3.26.